The Labute approximate surface area is 133 Å². The molecule has 3 nitrogen and oxygen atoms in total. The van der Waals surface area contributed by atoms with Gasteiger partial charge < -0.3 is 0 Å². The van der Waals surface area contributed by atoms with E-state index in [1.807, 2.05) is 35.0 Å². The largest absolute Gasteiger partial charge is 0.245 e. The van der Waals surface area contributed by atoms with E-state index in [1.165, 1.54) is 0 Å². The number of halogens is 2. The van der Waals surface area contributed by atoms with E-state index in [1.54, 1.807) is 18.7 Å². The number of aromatic nitrogens is 3. The minimum absolute atomic E-state index is 0.0485. The molecule has 2 aromatic carbocycles. The van der Waals surface area contributed by atoms with E-state index in [0.717, 1.165) is 17.5 Å². The number of nitrogens with zero attached hydrogens (tertiary/aromatic N) is 3. The van der Waals surface area contributed by atoms with Gasteiger partial charge in [-0.05, 0) is 23.3 Å². The third kappa shape index (κ3) is 3.26. The second kappa shape index (κ2) is 6.29. The van der Waals surface area contributed by atoms with Crippen LogP contribution in [0.4, 0.5) is 0 Å². The molecule has 3 aromatic rings. The molecule has 1 heterocycles. The summed E-state index contributed by atoms with van der Waals surface area (Å²) in [6, 6.07) is 15.8. The van der Waals surface area contributed by atoms with Crippen molar-refractivity contribution in [1.82, 2.24) is 14.8 Å². The minimum atomic E-state index is 0.0485. The predicted octanol–water partition coefficient (Wildman–Crippen LogP) is 4.42. The van der Waals surface area contributed by atoms with Crippen LogP contribution in [-0.4, -0.2) is 14.8 Å². The molecule has 1 aromatic heterocycles. The van der Waals surface area contributed by atoms with Crippen LogP contribution in [-0.2, 0) is 6.42 Å². The van der Waals surface area contributed by atoms with Crippen LogP contribution in [0.1, 0.15) is 17.2 Å². The first-order valence-corrected chi connectivity index (χ1v) is 7.32. The van der Waals surface area contributed by atoms with E-state index >= 15 is 0 Å². The highest BCUT2D eigenvalue weighted by molar-refractivity contribution is 6.35. The molecule has 1 unspecified atom stereocenters. The average Bonchev–Trinajstić information content (AvgIpc) is 3.01. The maximum absolute atomic E-state index is 6.29. The summed E-state index contributed by atoms with van der Waals surface area (Å²) in [5, 5.41) is 5.58. The van der Waals surface area contributed by atoms with Gasteiger partial charge in [-0.1, -0.05) is 59.6 Å². The van der Waals surface area contributed by atoms with E-state index in [2.05, 4.69) is 22.2 Å². The molecule has 0 aliphatic heterocycles. The Morgan fingerprint density at radius 2 is 1.86 bits per heavy atom. The molecule has 1 atom stereocenters. The zero-order valence-corrected chi connectivity index (χ0v) is 12.7. The molecule has 0 amide bonds. The Hall–Kier alpha value is -1.84. The predicted molar refractivity (Wildman–Crippen MR) is 84.8 cm³/mol. The summed E-state index contributed by atoms with van der Waals surface area (Å²) in [7, 11) is 0. The van der Waals surface area contributed by atoms with Crippen LogP contribution in [0.25, 0.3) is 0 Å². The van der Waals surface area contributed by atoms with Crippen molar-refractivity contribution in [2.24, 2.45) is 0 Å². The first-order valence-electron chi connectivity index (χ1n) is 6.57. The summed E-state index contributed by atoms with van der Waals surface area (Å²) in [5.74, 6) is 0. The maximum Gasteiger partial charge on any atom is 0.137 e. The van der Waals surface area contributed by atoms with Gasteiger partial charge in [-0.15, -0.1) is 0 Å². The van der Waals surface area contributed by atoms with Crippen molar-refractivity contribution < 1.29 is 0 Å². The summed E-state index contributed by atoms with van der Waals surface area (Å²) >= 11 is 12.3. The third-order valence-electron chi connectivity index (χ3n) is 3.37. The molecule has 0 aliphatic carbocycles. The zero-order chi connectivity index (χ0) is 14.7. The summed E-state index contributed by atoms with van der Waals surface area (Å²) in [5.41, 5.74) is 2.19. The number of hydrogen-bond acceptors (Lipinski definition) is 2. The quantitative estimate of drug-likeness (QED) is 0.713. The van der Waals surface area contributed by atoms with Gasteiger partial charge in [-0.2, -0.15) is 5.10 Å². The van der Waals surface area contributed by atoms with Gasteiger partial charge in [0.15, 0.2) is 0 Å². The Morgan fingerprint density at radius 1 is 1.05 bits per heavy atom. The SMILES string of the molecule is Clc1ccc(CC(c2ccccc2)n2cncn2)c(Cl)c1. The van der Waals surface area contributed by atoms with Crippen molar-refractivity contribution in [3.05, 3.63) is 82.4 Å². The van der Waals surface area contributed by atoms with E-state index < -0.39 is 0 Å². The number of rotatable bonds is 4. The van der Waals surface area contributed by atoms with E-state index in [4.69, 9.17) is 23.2 Å². The van der Waals surface area contributed by atoms with Crippen LogP contribution >= 0.6 is 23.2 Å². The van der Waals surface area contributed by atoms with Gasteiger partial charge in [0, 0.05) is 16.5 Å². The molecule has 0 radical (unpaired) electrons. The van der Waals surface area contributed by atoms with Crippen LogP contribution in [0.15, 0.2) is 61.2 Å². The fourth-order valence-corrected chi connectivity index (χ4v) is 2.80. The Balaban J connectivity index is 1.97. The molecule has 3 rings (SSSR count). The van der Waals surface area contributed by atoms with E-state index in [9.17, 15) is 0 Å². The summed E-state index contributed by atoms with van der Waals surface area (Å²) in [4.78, 5) is 4.04. The van der Waals surface area contributed by atoms with Crippen molar-refractivity contribution in [1.29, 1.82) is 0 Å². The second-order valence-electron chi connectivity index (χ2n) is 4.74. The zero-order valence-electron chi connectivity index (χ0n) is 11.2. The highest BCUT2D eigenvalue weighted by Gasteiger charge is 2.16. The smallest absolute Gasteiger partial charge is 0.137 e. The Morgan fingerprint density at radius 3 is 2.52 bits per heavy atom. The molecule has 106 valence electrons. The first kappa shape index (κ1) is 14.1. The summed E-state index contributed by atoms with van der Waals surface area (Å²) in [6.07, 6.45) is 3.99. The van der Waals surface area contributed by atoms with Gasteiger partial charge in [0.1, 0.15) is 12.7 Å². The topological polar surface area (TPSA) is 30.7 Å². The molecular weight excluding hydrogens is 305 g/mol. The van der Waals surface area contributed by atoms with Gasteiger partial charge in [-0.3, -0.25) is 0 Å². The lowest BCUT2D eigenvalue weighted by Crippen LogP contribution is -2.14. The molecule has 0 aliphatic rings. The normalized spacial score (nSPS) is 12.3. The highest BCUT2D eigenvalue weighted by Crippen LogP contribution is 2.28. The van der Waals surface area contributed by atoms with E-state index in [0.29, 0.717) is 10.0 Å². The van der Waals surface area contributed by atoms with Crippen LogP contribution in [0, 0.1) is 0 Å². The van der Waals surface area contributed by atoms with Crippen LogP contribution in [0.2, 0.25) is 10.0 Å². The Kier molecular flexibility index (Phi) is 4.23. The molecule has 0 spiro atoms. The van der Waals surface area contributed by atoms with Gasteiger partial charge in [0.05, 0.1) is 6.04 Å². The Bertz CT molecular complexity index is 712. The molecule has 0 saturated carbocycles. The van der Waals surface area contributed by atoms with Crippen molar-refractivity contribution in [2.75, 3.05) is 0 Å². The van der Waals surface area contributed by atoms with Gasteiger partial charge in [0.25, 0.3) is 0 Å². The van der Waals surface area contributed by atoms with Crippen LogP contribution in [0.3, 0.4) is 0 Å². The standard InChI is InChI=1S/C16H13Cl2N3/c17-14-7-6-13(15(18)9-14)8-16(21-11-19-10-20-21)12-4-2-1-3-5-12/h1-7,9-11,16H,8H2. The molecule has 0 fully saturated rings. The number of hydrogen-bond donors (Lipinski definition) is 0. The fourth-order valence-electron chi connectivity index (χ4n) is 2.31. The van der Waals surface area contributed by atoms with E-state index in [-0.39, 0.29) is 6.04 Å². The van der Waals surface area contributed by atoms with Gasteiger partial charge in [-0.25, -0.2) is 9.67 Å². The molecular formula is C16H13Cl2N3. The van der Waals surface area contributed by atoms with Crippen molar-refractivity contribution in [3.8, 4) is 0 Å². The molecule has 5 heteroatoms. The lowest BCUT2D eigenvalue weighted by molar-refractivity contribution is 0.519. The van der Waals surface area contributed by atoms with Crippen molar-refractivity contribution in [3.63, 3.8) is 0 Å². The van der Waals surface area contributed by atoms with Crippen molar-refractivity contribution in [2.45, 2.75) is 12.5 Å². The monoisotopic (exact) mass is 317 g/mol. The lowest BCUT2D eigenvalue weighted by atomic mass is 9.99. The average molecular weight is 318 g/mol. The van der Waals surface area contributed by atoms with Crippen LogP contribution in [0.5, 0.6) is 0 Å². The first-order chi connectivity index (χ1) is 10.2. The minimum Gasteiger partial charge on any atom is -0.245 e. The molecule has 0 N–H and O–H groups in total. The number of benzene rings is 2. The van der Waals surface area contributed by atoms with Gasteiger partial charge in [0.2, 0.25) is 0 Å². The highest BCUT2D eigenvalue weighted by atomic mass is 35.5. The fraction of sp³-hybridized carbons (Fsp3) is 0.125. The molecule has 0 bridgehead atoms. The van der Waals surface area contributed by atoms with Crippen molar-refractivity contribution >= 4 is 23.2 Å². The molecule has 0 saturated heterocycles. The maximum atomic E-state index is 6.29. The summed E-state index contributed by atoms with van der Waals surface area (Å²) < 4.78 is 1.85. The third-order valence-corrected chi connectivity index (χ3v) is 3.96. The second-order valence-corrected chi connectivity index (χ2v) is 5.59. The summed E-state index contributed by atoms with van der Waals surface area (Å²) in [6.45, 7) is 0. The molecule has 21 heavy (non-hydrogen) atoms. The van der Waals surface area contributed by atoms with Gasteiger partial charge >= 0.3 is 0 Å². The lowest BCUT2D eigenvalue weighted by Gasteiger charge is -2.18. The van der Waals surface area contributed by atoms with Crippen LogP contribution < -0.4 is 0 Å².